The molecule has 0 radical (unpaired) electrons. The Balaban J connectivity index is 0.000000139. The highest BCUT2D eigenvalue weighted by molar-refractivity contribution is 6.30. The van der Waals surface area contributed by atoms with Crippen molar-refractivity contribution in [2.24, 2.45) is 0 Å². The molecular formula is C77H80ClN11O15. The van der Waals surface area contributed by atoms with E-state index in [0.717, 1.165) is 86.3 Å². The number of benzene rings is 8. The number of nitrogens with one attached hydrogen (secondary N) is 7. The minimum atomic E-state index is -0.650. The Hall–Kier alpha value is -11.6. The molecule has 6 aliphatic heterocycles. The molecule has 26 nitrogen and oxygen atoms in total. The molecule has 27 heteroatoms. The summed E-state index contributed by atoms with van der Waals surface area (Å²) in [5.74, 6) is 0.106. The number of rotatable bonds is 11. The van der Waals surface area contributed by atoms with Crippen LogP contribution in [-0.4, -0.2) is 141 Å². The molecule has 8 aromatic rings. The number of nitrogens with zero attached hydrogens (tertiary/aromatic N) is 4. The van der Waals surface area contributed by atoms with Gasteiger partial charge in [0, 0.05) is 110 Å². The maximum Gasteiger partial charge on any atom is 0.322 e. The van der Waals surface area contributed by atoms with E-state index in [-0.39, 0.29) is 30.8 Å². The summed E-state index contributed by atoms with van der Waals surface area (Å²) in [6.45, 7) is 9.72. The van der Waals surface area contributed by atoms with Crippen LogP contribution in [0.2, 0.25) is 5.02 Å². The van der Waals surface area contributed by atoms with Gasteiger partial charge in [0.25, 0.3) is 23.6 Å². The van der Waals surface area contributed by atoms with Gasteiger partial charge in [0.2, 0.25) is 12.7 Å². The summed E-state index contributed by atoms with van der Waals surface area (Å²) in [5.41, 5.74) is 20.4. The first-order valence-electron chi connectivity index (χ1n) is 33.9. The van der Waals surface area contributed by atoms with Crippen LogP contribution >= 0.6 is 11.6 Å². The average Bonchev–Trinajstić information content (AvgIpc) is 1.37. The van der Waals surface area contributed by atoms with Crippen molar-refractivity contribution in [2.75, 3.05) is 63.3 Å². The summed E-state index contributed by atoms with van der Waals surface area (Å²) in [6, 6.07) is 49.0. The molecule has 540 valence electrons. The van der Waals surface area contributed by atoms with Gasteiger partial charge in [-0.15, -0.1) is 0 Å². The number of amides is 11. The van der Waals surface area contributed by atoms with E-state index in [1.165, 1.54) is 5.56 Å². The molecule has 0 spiro atoms. The van der Waals surface area contributed by atoms with E-state index in [1.807, 2.05) is 97.6 Å². The molecule has 14 rings (SSSR count). The zero-order valence-electron chi connectivity index (χ0n) is 57.3. The number of hydrogen-bond acceptors (Lipinski definition) is 15. The Bertz CT molecular complexity index is 4380. The lowest BCUT2D eigenvalue weighted by molar-refractivity contribution is -0.136. The Labute approximate surface area is 604 Å². The standard InChI is InChI=1S/C21H23ClN2O3.C19H19N3O4.C19H21N3O3.C18H17N3O5/c1-21(2,17-5-7-18(22)8-6-17)20(26)24-11-9-14-3-4-16(19(25)23-27)13-15(14)10-12-24;23-18(21-25)14-1-2-15-11-22(7-5-12(15)9-14)19(24)20-16-3-4-17-13(10-16)6-8-26-17;23-18(21-25)16-6-7-17-13-22(11-9-15(17)12-16)19(24)20-10-8-14-4-2-1-3-5-14;22-17(20-24)12-1-2-13-9-21(6-5-11(13)7-12)18(23)19-14-3-4-15-16(8-14)26-10-25-15/h3-8,13,27H,9-12H2,1-2H3,(H,23,25);1-4,9-10,25H,5-8,11H2,(H,20,24)(H,21,23);1-7,12,25H,8-11,13H2,(H,20,24)(H,21,23);1-4,7-8,24H,5-6,9-10H2,(H,19,23)(H,20,22). The number of carbonyl (C=O) groups is 8. The van der Waals surface area contributed by atoms with Crippen molar-refractivity contribution in [2.45, 2.75) is 83.8 Å². The van der Waals surface area contributed by atoms with Gasteiger partial charge in [0.1, 0.15) is 5.75 Å². The van der Waals surface area contributed by atoms with Crippen LogP contribution in [0.15, 0.2) is 164 Å². The molecule has 0 bridgehead atoms. The summed E-state index contributed by atoms with van der Waals surface area (Å²) in [7, 11) is 0. The van der Waals surface area contributed by atoms with Crippen molar-refractivity contribution in [1.82, 2.24) is 46.8 Å². The molecule has 0 aliphatic carbocycles. The van der Waals surface area contributed by atoms with E-state index in [1.54, 1.807) is 122 Å². The monoisotopic (exact) mass is 1430 g/mol. The number of halogens is 1. The highest BCUT2D eigenvalue weighted by Crippen LogP contribution is 2.36. The molecule has 6 aliphatic rings. The van der Waals surface area contributed by atoms with Crippen molar-refractivity contribution in [3.8, 4) is 17.2 Å². The number of urea groups is 3. The summed E-state index contributed by atoms with van der Waals surface area (Å²) in [5, 5.41) is 44.4. The molecular weight excluding hydrogens is 1350 g/mol. The first-order chi connectivity index (χ1) is 50.3. The zero-order chi connectivity index (χ0) is 73.4. The minimum absolute atomic E-state index is 0.0706. The Morgan fingerprint density at radius 2 is 0.837 bits per heavy atom. The molecule has 0 unspecified atom stereocenters. The van der Waals surface area contributed by atoms with Gasteiger partial charge in [-0.1, -0.05) is 78.3 Å². The van der Waals surface area contributed by atoms with E-state index in [9.17, 15) is 38.4 Å². The second-order valence-electron chi connectivity index (χ2n) is 26.0. The van der Waals surface area contributed by atoms with Crippen molar-refractivity contribution < 1.29 is 73.4 Å². The maximum absolute atomic E-state index is 13.2. The molecule has 11 amide bonds. The Kier molecular flexibility index (Phi) is 24.0. The van der Waals surface area contributed by atoms with Gasteiger partial charge in [-0.2, -0.15) is 0 Å². The van der Waals surface area contributed by atoms with E-state index in [0.29, 0.717) is 136 Å². The SMILES string of the molecule is CC(C)(C(=O)N1CCc2ccc(C(=O)NO)cc2CC1)c1ccc(Cl)cc1.O=C(NO)c1ccc2c(c1)CCN(C(=O)NCCc1ccccc1)C2.O=C(NO)c1ccc2c(c1)CCN(C(=O)Nc1ccc3c(c1)CCO3)C2.O=C(NO)c1ccc2c(c1)CCN(C(=O)Nc1ccc3c(c1)OCO3)C2. The topological polar surface area (TPSA) is 342 Å². The number of hydroxylamine groups is 4. The van der Waals surface area contributed by atoms with Crippen LogP contribution in [0.5, 0.6) is 17.2 Å². The van der Waals surface area contributed by atoms with Crippen molar-refractivity contribution in [3.63, 3.8) is 0 Å². The molecule has 11 N–H and O–H groups in total. The van der Waals surface area contributed by atoms with E-state index >= 15 is 0 Å². The summed E-state index contributed by atoms with van der Waals surface area (Å²) in [6.07, 6.45) is 5.05. The largest absolute Gasteiger partial charge is 0.493 e. The zero-order valence-corrected chi connectivity index (χ0v) is 58.0. The third-order valence-electron chi connectivity index (χ3n) is 19.0. The van der Waals surface area contributed by atoms with Crippen LogP contribution in [-0.2, 0) is 74.8 Å². The lowest BCUT2D eigenvalue weighted by atomic mass is 9.83. The number of ether oxygens (including phenoxy) is 3. The third kappa shape index (κ3) is 18.2. The second kappa shape index (κ2) is 34.0. The molecule has 6 heterocycles. The molecule has 0 saturated carbocycles. The van der Waals surface area contributed by atoms with E-state index < -0.39 is 29.0 Å². The van der Waals surface area contributed by atoms with Crippen molar-refractivity contribution in [3.05, 3.63) is 252 Å². The quantitative estimate of drug-likeness (QED) is 0.0424. The van der Waals surface area contributed by atoms with E-state index in [2.05, 4.69) is 16.0 Å². The smallest absolute Gasteiger partial charge is 0.322 e. The fourth-order valence-corrected chi connectivity index (χ4v) is 13.2. The Morgan fingerprint density at radius 1 is 0.413 bits per heavy atom. The van der Waals surface area contributed by atoms with E-state index in [4.69, 9.17) is 46.6 Å². The van der Waals surface area contributed by atoms with Crippen LogP contribution in [0.4, 0.5) is 25.8 Å². The fraction of sp³-hybridized carbons (Fsp3) is 0.273. The molecule has 104 heavy (non-hydrogen) atoms. The van der Waals surface area contributed by atoms with Crippen molar-refractivity contribution in [1.29, 1.82) is 0 Å². The average molecular weight is 1440 g/mol. The van der Waals surface area contributed by atoms with Gasteiger partial charge in [-0.25, -0.2) is 36.3 Å². The highest BCUT2D eigenvalue weighted by Gasteiger charge is 2.35. The number of carbonyl (C=O) groups excluding carboxylic acids is 8. The van der Waals surface area contributed by atoms with Gasteiger partial charge >= 0.3 is 18.1 Å². The molecule has 0 aromatic heterocycles. The fourth-order valence-electron chi connectivity index (χ4n) is 13.0. The number of fused-ring (bicyclic) bond motifs is 6. The van der Waals surface area contributed by atoms with Crippen LogP contribution in [0, 0.1) is 0 Å². The lowest BCUT2D eigenvalue weighted by Gasteiger charge is -2.31. The summed E-state index contributed by atoms with van der Waals surface area (Å²) < 4.78 is 16.1. The molecule has 0 fully saturated rings. The first-order valence-corrected chi connectivity index (χ1v) is 34.3. The third-order valence-corrected chi connectivity index (χ3v) is 19.2. The van der Waals surface area contributed by atoms with Gasteiger partial charge in [0.05, 0.1) is 12.0 Å². The van der Waals surface area contributed by atoms with Gasteiger partial charge < -0.3 is 49.8 Å². The molecule has 0 atom stereocenters. The van der Waals surface area contributed by atoms with Crippen LogP contribution in [0.25, 0.3) is 0 Å². The van der Waals surface area contributed by atoms with Crippen LogP contribution in [0.3, 0.4) is 0 Å². The van der Waals surface area contributed by atoms with Crippen LogP contribution < -0.4 is 52.1 Å². The number of anilines is 2. The van der Waals surface area contributed by atoms with Crippen LogP contribution in [0.1, 0.15) is 116 Å². The maximum atomic E-state index is 13.2. The molecule has 8 aromatic carbocycles. The highest BCUT2D eigenvalue weighted by atomic mass is 35.5. The van der Waals surface area contributed by atoms with Crippen molar-refractivity contribution >= 4 is 70.6 Å². The minimum Gasteiger partial charge on any atom is -0.493 e. The summed E-state index contributed by atoms with van der Waals surface area (Å²) in [4.78, 5) is 104. The first kappa shape index (κ1) is 73.7. The predicted molar refractivity (Wildman–Crippen MR) is 383 cm³/mol. The lowest BCUT2D eigenvalue weighted by Crippen LogP contribution is -2.44. The van der Waals surface area contributed by atoms with Gasteiger partial charge in [-0.3, -0.25) is 44.8 Å². The molecule has 0 saturated heterocycles. The second-order valence-corrected chi connectivity index (χ2v) is 26.4. The van der Waals surface area contributed by atoms with Gasteiger partial charge in [-0.05, 0) is 205 Å². The summed E-state index contributed by atoms with van der Waals surface area (Å²) >= 11 is 5.97. The number of hydrogen-bond donors (Lipinski definition) is 11. The predicted octanol–water partition coefficient (Wildman–Crippen LogP) is 9.94. The normalized spacial score (nSPS) is 14.2. The van der Waals surface area contributed by atoms with Gasteiger partial charge in [0.15, 0.2) is 11.5 Å². The Morgan fingerprint density at radius 3 is 1.33 bits per heavy atom.